The number of nitrogens with one attached hydrogen (secondary N) is 2. The molecule has 2 N–H and O–H groups in total. The smallest absolute Gasteiger partial charge is 0.191 e. The molecule has 0 unspecified atom stereocenters. The predicted molar refractivity (Wildman–Crippen MR) is 111 cm³/mol. The first kappa shape index (κ1) is 20.6. The van der Waals surface area contributed by atoms with E-state index in [-0.39, 0.29) is 6.61 Å². The molecule has 0 aliphatic heterocycles. The van der Waals surface area contributed by atoms with Crippen LogP contribution in [0.2, 0.25) is 0 Å². The molecule has 1 aromatic heterocycles. The Labute approximate surface area is 165 Å². The number of benzene rings is 1. The Bertz CT molecular complexity index is 796. The fourth-order valence-corrected chi connectivity index (χ4v) is 3.25. The Balaban J connectivity index is 1.85. The van der Waals surface area contributed by atoms with Crippen LogP contribution in [0.3, 0.4) is 0 Å². The van der Waals surface area contributed by atoms with Crippen molar-refractivity contribution in [3.05, 3.63) is 39.8 Å². The lowest BCUT2D eigenvalue weighted by Crippen LogP contribution is -2.37. The normalized spacial score (nSPS) is 11.0. The molecule has 0 aliphatic carbocycles. The zero-order valence-electron chi connectivity index (χ0n) is 16.0. The standard InChI is InChI=1S/C20H26N4O2S/c1-5-11-26-18-12-15(7-8-17(18)25-4)13-24-20(21-3)22-10-9-19-23-14-16(6-2)27-19/h1,7-8,12,14H,6,9-11,13H2,2-4H3,(H2,21,22,24). The molecule has 6 nitrogen and oxygen atoms in total. The Hall–Kier alpha value is -2.72. The van der Waals surface area contributed by atoms with Crippen LogP contribution in [0, 0.1) is 12.3 Å². The maximum Gasteiger partial charge on any atom is 0.191 e. The largest absolute Gasteiger partial charge is 0.493 e. The van der Waals surface area contributed by atoms with Crippen molar-refractivity contribution in [1.82, 2.24) is 15.6 Å². The first-order valence-corrected chi connectivity index (χ1v) is 9.63. The number of ether oxygens (including phenoxy) is 2. The molecule has 2 aromatic rings. The van der Waals surface area contributed by atoms with Crippen LogP contribution in [0.4, 0.5) is 0 Å². The molecule has 144 valence electrons. The molecule has 0 saturated carbocycles. The van der Waals surface area contributed by atoms with Crippen LogP contribution < -0.4 is 20.1 Å². The number of aliphatic imine (C=N–C) groups is 1. The second-order valence-electron chi connectivity index (χ2n) is 5.65. The maximum atomic E-state index is 5.54. The van der Waals surface area contributed by atoms with Crippen LogP contribution in [0.25, 0.3) is 0 Å². The minimum absolute atomic E-state index is 0.201. The van der Waals surface area contributed by atoms with Crippen LogP contribution in [0.5, 0.6) is 11.5 Å². The predicted octanol–water partition coefficient (Wildman–Crippen LogP) is 2.63. The van der Waals surface area contributed by atoms with E-state index in [1.54, 1.807) is 25.5 Å². The van der Waals surface area contributed by atoms with Crippen LogP contribution in [-0.4, -0.2) is 38.3 Å². The summed E-state index contributed by atoms with van der Waals surface area (Å²) in [6.45, 7) is 3.72. The van der Waals surface area contributed by atoms with E-state index in [9.17, 15) is 0 Å². The fraction of sp³-hybridized carbons (Fsp3) is 0.400. The Morgan fingerprint density at radius 1 is 1.33 bits per heavy atom. The van der Waals surface area contributed by atoms with Gasteiger partial charge in [-0.2, -0.15) is 0 Å². The molecular formula is C20H26N4O2S. The number of methoxy groups -OCH3 is 1. The highest BCUT2D eigenvalue weighted by Gasteiger charge is 2.07. The second kappa shape index (κ2) is 11.1. The highest BCUT2D eigenvalue weighted by atomic mass is 32.1. The Kier molecular flexibility index (Phi) is 8.46. The lowest BCUT2D eigenvalue weighted by molar-refractivity contribution is 0.330. The van der Waals surface area contributed by atoms with Gasteiger partial charge in [0.25, 0.3) is 0 Å². The number of aryl methyl sites for hydroxylation is 1. The SMILES string of the molecule is C#CCOc1cc(CNC(=NC)NCCc2ncc(CC)s2)ccc1OC. The lowest BCUT2D eigenvalue weighted by atomic mass is 10.2. The summed E-state index contributed by atoms with van der Waals surface area (Å²) in [4.78, 5) is 10.0. The number of terminal acetylenes is 1. The summed E-state index contributed by atoms with van der Waals surface area (Å²) in [6.07, 6.45) is 9.12. The molecule has 0 aliphatic rings. The van der Waals surface area contributed by atoms with E-state index < -0.39 is 0 Å². The average molecular weight is 387 g/mol. The maximum absolute atomic E-state index is 5.54. The van der Waals surface area contributed by atoms with Crippen LogP contribution in [0.15, 0.2) is 29.4 Å². The monoisotopic (exact) mass is 386 g/mol. The first-order valence-electron chi connectivity index (χ1n) is 8.81. The highest BCUT2D eigenvalue weighted by Crippen LogP contribution is 2.27. The molecule has 0 saturated heterocycles. The third kappa shape index (κ3) is 6.50. The molecule has 1 heterocycles. The second-order valence-corrected chi connectivity index (χ2v) is 6.85. The molecule has 0 radical (unpaired) electrons. The van der Waals surface area contributed by atoms with Crippen molar-refractivity contribution in [2.75, 3.05) is 27.3 Å². The molecule has 0 bridgehead atoms. The van der Waals surface area contributed by atoms with Gasteiger partial charge in [-0.1, -0.05) is 18.9 Å². The first-order chi connectivity index (χ1) is 13.2. The molecule has 0 spiro atoms. The van der Waals surface area contributed by atoms with Gasteiger partial charge in [0.1, 0.15) is 6.61 Å². The summed E-state index contributed by atoms with van der Waals surface area (Å²) in [5.41, 5.74) is 1.04. The van der Waals surface area contributed by atoms with E-state index in [2.05, 4.69) is 33.5 Å². The van der Waals surface area contributed by atoms with E-state index in [1.165, 1.54) is 4.88 Å². The molecular weight excluding hydrogens is 360 g/mol. The van der Waals surface area contributed by atoms with Gasteiger partial charge in [0.15, 0.2) is 17.5 Å². The van der Waals surface area contributed by atoms with E-state index in [4.69, 9.17) is 15.9 Å². The Morgan fingerprint density at radius 3 is 2.85 bits per heavy atom. The summed E-state index contributed by atoms with van der Waals surface area (Å²) in [5.74, 6) is 4.49. The van der Waals surface area contributed by atoms with Crippen molar-refractivity contribution in [1.29, 1.82) is 0 Å². The number of aromatic nitrogens is 1. The minimum atomic E-state index is 0.201. The van der Waals surface area contributed by atoms with Gasteiger partial charge >= 0.3 is 0 Å². The number of hydrogen-bond acceptors (Lipinski definition) is 5. The third-order valence-corrected chi connectivity index (χ3v) is 5.01. The highest BCUT2D eigenvalue weighted by molar-refractivity contribution is 7.11. The van der Waals surface area contributed by atoms with Crippen molar-refractivity contribution < 1.29 is 9.47 Å². The number of hydrogen-bond donors (Lipinski definition) is 2. The molecule has 27 heavy (non-hydrogen) atoms. The van der Waals surface area contributed by atoms with Crippen molar-refractivity contribution >= 4 is 17.3 Å². The van der Waals surface area contributed by atoms with Crippen molar-refractivity contribution in [3.63, 3.8) is 0 Å². The van der Waals surface area contributed by atoms with Crippen LogP contribution in [-0.2, 0) is 19.4 Å². The van der Waals surface area contributed by atoms with E-state index in [0.717, 1.165) is 35.9 Å². The topological polar surface area (TPSA) is 67.8 Å². The fourth-order valence-electron chi connectivity index (χ4n) is 2.38. The number of rotatable bonds is 9. The van der Waals surface area contributed by atoms with E-state index in [1.807, 2.05) is 24.4 Å². The molecule has 7 heteroatoms. The van der Waals surface area contributed by atoms with Gasteiger partial charge in [0, 0.05) is 37.6 Å². The minimum Gasteiger partial charge on any atom is -0.493 e. The number of nitrogens with zero attached hydrogens (tertiary/aromatic N) is 2. The zero-order valence-corrected chi connectivity index (χ0v) is 16.9. The zero-order chi connectivity index (χ0) is 19.5. The van der Waals surface area contributed by atoms with Crippen molar-refractivity contribution in [2.45, 2.75) is 26.3 Å². The average Bonchev–Trinajstić information content (AvgIpc) is 3.17. The quantitative estimate of drug-likeness (QED) is 0.394. The summed E-state index contributed by atoms with van der Waals surface area (Å²) in [7, 11) is 3.36. The number of guanidine groups is 1. The molecule has 2 rings (SSSR count). The molecule has 1 aromatic carbocycles. The van der Waals surface area contributed by atoms with E-state index in [0.29, 0.717) is 18.0 Å². The summed E-state index contributed by atoms with van der Waals surface area (Å²) >= 11 is 1.76. The Morgan fingerprint density at radius 2 is 2.19 bits per heavy atom. The molecule has 0 fully saturated rings. The van der Waals surface area contributed by atoms with E-state index >= 15 is 0 Å². The third-order valence-electron chi connectivity index (χ3n) is 3.80. The summed E-state index contributed by atoms with van der Waals surface area (Å²) < 4.78 is 10.8. The van der Waals surface area contributed by atoms with Gasteiger partial charge in [-0.3, -0.25) is 4.99 Å². The van der Waals surface area contributed by atoms with Gasteiger partial charge in [-0.25, -0.2) is 4.98 Å². The van der Waals surface area contributed by atoms with Gasteiger partial charge in [-0.15, -0.1) is 17.8 Å². The summed E-state index contributed by atoms with van der Waals surface area (Å²) in [5, 5.41) is 7.74. The molecule has 0 atom stereocenters. The molecule has 0 amide bonds. The van der Waals surface area contributed by atoms with Crippen molar-refractivity contribution in [2.24, 2.45) is 4.99 Å². The lowest BCUT2D eigenvalue weighted by Gasteiger charge is -2.13. The van der Waals surface area contributed by atoms with Gasteiger partial charge in [0.05, 0.1) is 12.1 Å². The summed E-state index contributed by atoms with van der Waals surface area (Å²) in [6, 6.07) is 5.76. The van der Waals surface area contributed by atoms with Gasteiger partial charge < -0.3 is 20.1 Å². The van der Waals surface area contributed by atoms with Gasteiger partial charge in [-0.05, 0) is 24.1 Å². The van der Waals surface area contributed by atoms with Crippen LogP contribution in [0.1, 0.15) is 22.4 Å². The van der Waals surface area contributed by atoms with Gasteiger partial charge in [0.2, 0.25) is 0 Å². The van der Waals surface area contributed by atoms with Crippen LogP contribution >= 0.6 is 11.3 Å². The number of thiazole rings is 1. The van der Waals surface area contributed by atoms with Crippen molar-refractivity contribution in [3.8, 4) is 23.8 Å².